The van der Waals surface area contributed by atoms with Crippen LogP contribution >= 0.6 is 0 Å². The van der Waals surface area contributed by atoms with Gasteiger partial charge in [-0.2, -0.15) is 0 Å². The topological polar surface area (TPSA) is 64.1 Å². The van der Waals surface area contributed by atoms with Gasteiger partial charge >= 0.3 is 12.0 Å². The van der Waals surface area contributed by atoms with Crippen molar-refractivity contribution in [1.82, 2.24) is 14.7 Å². The second-order valence-corrected chi connectivity index (χ2v) is 6.10. The summed E-state index contributed by atoms with van der Waals surface area (Å²) in [5.41, 5.74) is 0. The summed E-state index contributed by atoms with van der Waals surface area (Å²) in [6, 6.07) is -0.209. The van der Waals surface area contributed by atoms with Crippen LogP contribution in [0.1, 0.15) is 32.1 Å². The number of aliphatic carboxylic acids is 1. The third kappa shape index (κ3) is 2.49. The van der Waals surface area contributed by atoms with Crippen LogP contribution in [0.3, 0.4) is 0 Å². The number of likely N-dealkylation sites (tertiary alicyclic amines) is 1. The fraction of sp³-hybridized carbons (Fsp3) is 0.857. The number of piperidine rings is 1. The molecule has 20 heavy (non-hydrogen) atoms. The number of hydrogen-bond acceptors (Lipinski definition) is 3. The maximum absolute atomic E-state index is 12.6. The monoisotopic (exact) mass is 281 g/mol. The van der Waals surface area contributed by atoms with Crippen LogP contribution in [0.5, 0.6) is 0 Å². The van der Waals surface area contributed by atoms with Gasteiger partial charge in [-0.15, -0.1) is 0 Å². The lowest BCUT2D eigenvalue weighted by atomic mass is 10.00. The normalized spacial score (nSPS) is 31.2. The largest absolute Gasteiger partial charge is 0.480 e. The summed E-state index contributed by atoms with van der Waals surface area (Å²) < 4.78 is 0. The zero-order valence-electron chi connectivity index (χ0n) is 11.8. The van der Waals surface area contributed by atoms with E-state index >= 15 is 0 Å². The first-order chi connectivity index (χ1) is 9.66. The zero-order valence-corrected chi connectivity index (χ0v) is 11.8. The summed E-state index contributed by atoms with van der Waals surface area (Å²) in [5.74, 6) is -0.868. The first-order valence-corrected chi connectivity index (χ1v) is 7.69. The van der Waals surface area contributed by atoms with Crippen molar-refractivity contribution < 1.29 is 14.7 Å². The molecule has 6 heteroatoms. The molecular formula is C14H23N3O3. The maximum Gasteiger partial charge on any atom is 0.326 e. The quantitative estimate of drug-likeness (QED) is 0.773. The first-order valence-electron chi connectivity index (χ1n) is 7.69. The van der Waals surface area contributed by atoms with E-state index in [1.165, 1.54) is 12.8 Å². The van der Waals surface area contributed by atoms with Crippen LogP contribution in [-0.4, -0.2) is 76.6 Å². The Morgan fingerprint density at radius 3 is 2.60 bits per heavy atom. The molecule has 1 unspecified atom stereocenters. The summed E-state index contributed by atoms with van der Waals surface area (Å²) in [4.78, 5) is 29.7. The lowest BCUT2D eigenvalue weighted by molar-refractivity contribution is -0.141. The first kappa shape index (κ1) is 13.7. The van der Waals surface area contributed by atoms with Crippen LogP contribution < -0.4 is 0 Å². The molecule has 3 aliphatic rings. The number of amides is 2. The molecule has 2 atom stereocenters. The van der Waals surface area contributed by atoms with Crippen molar-refractivity contribution in [2.24, 2.45) is 0 Å². The molecule has 1 N–H and O–H groups in total. The van der Waals surface area contributed by atoms with Crippen molar-refractivity contribution in [3.05, 3.63) is 0 Å². The number of carboxylic acid groups (broad SMARTS) is 1. The minimum absolute atomic E-state index is 0.0693. The number of urea groups is 1. The Morgan fingerprint density at radius 1 is 0.950 bits per heavy atom. The molecule has 3 fully saturated rings. The third-order valence-electron chi connectivity index (χ3n) is 4.89. The zero-order chi connectivity index (χ0) is 14.1. The molecule has 3 saturated heterocycles. The van der Waals surface area contributed by atoms with Gasteiger partial charge in [0.05, 0.1) is 0 Å². The van der Waals surface area contributed by atoms with E-state index in [-0.39, 0.29) is 6.03 Å². The van der Waals surface area contributed by atoms with E-state index in [4.69, 9.17) is 0 Å². The van der Waals surface area contributed by atoms with Gasteiger partial charge in [-0.3, -0.25) is 4.90 Å². The van der Waals surface area contributed by atoms with Gasteiger partial charge in [-0.25, -0.2) is 9.59 Å². The van der Waals surface area contributed by atoms with Crippen LogP contribution in [0.4, 0.5) is 4.79 Å². The lowest BCUT2D eigenvalue weighted by Crippen LogP contribution is -2.59. The Labute approximate surface area is 119 Å². The summed E-state index contributed by atoms with van der Waals surface area (Å²) in [7, 11) is 0. The Kier molecular flexibility index (Phi) is 3.83. The van der Waals surface area contributed by atoms with Gasteiger partial charge in [0.1, 0.15) is 6.04 Å². The fourth-order valence-electron chi connectivity index (χ4n) is 3.76. The van der Waals surface area contributed by atoms with E-state index in [9.17, 15) is 14.7 Å². The Morgan fingerprint density at radius 2 is 1.80 bits per heavy atom. The van der Waals surface area contributed by atoms with Crippen LogP contribution in [0, 0.1) is 0 Å². The minimum Gasteiger partial charge on any atom is -0.480 e. The minimum atomic E-state index is -0.868. The van der Waals surface area contributed by atoms with Crippen molar-refractivity contribution >= 4 is 12.0 Å². The molecule has 112 valence electrons. The molecular weight excluding hydrogens is 258 g/mol. The van der Waals surface area contributed by atoms with Crippen molar-refractivity contribution in [2.75, 3.05) is 32.7 Å². The molecule has 0 bridgehead atoms. The van der Waals surface area contributed by atoms with E-state index in [1.54, 1.807) is 4.90 Å². The molecule has 0 aliphatic carbocycles. The second kappa shape index (κ2) is 5.60. The molecule has 0 aromatic carbocycles. The number of fused-ring (bicyclic) bond motifs is 1. The highest BCUT2D eigenvalue weighted by Crippen LogP contribution is 2.24. The van der Waals surface area contributed by atoms with E-state index < -0.39 is 12.0 Å². The van der Waals surface area contributed by atoms with Crippen LogP contribution in [0.15, 0.2) is 0 Å². The van der Waals surface area contributed by atoms with Crippen LogP contribution in [0.2, 0.25) is 0 Å². The molecule has 3 rings (SSSR count). The average molecular weight is 281 g/mol. The number of carbonyl (C=O) groups excluding carboxylic acids is 1. The molecule has 6 nitrogen and oxygen atoms in total. The number of carbonyl (C=O) groups is 2. The number of rotatable bonds is 1. The van der Waals surface area contributed by atoms with Gasteiger partial charge in [0.25, 0.3) is 0 Å². The Bertz CT molecular complexity index is 401. The Hall–Kier alpha value is -1.30. The smallest absolute Gasteiger partial charge is 0.326 e. The molecule has 0 saturated carbocycles. The van der Waals surface area contributed by atoms with E-state index in [0.717, 1.165) is 39.0 Å². The van der Waals surface area contributed by atoms with E-state index in [1.807, 2.05) is 4.90 Å². The number of nitrogens with zero attached hydrogens (tertiary/aromatic N) is 3. The molecule has 3 heterocycles. The number of piperazine rings is 1. The van der Waals surface area contributed by atoms with Crippen molar-refractivity contribution in [3.8, 4) is 0 Å². The maximum atomic E-state index is 12.6. The Balaban J connectivity index is 1.64. The second-order valence-electron chi connectivity index (χ2n) is 6.10. The molecule has 0 radical (unpaired) electrons. The van der Waals surface area contributed by atoms with Crippen LogP contribution in [-0.2, 0) is 4.79 Å². The van der Waals surface area contributed by atoms with Gasteiger partial charge in [0.15, 0.2) is 0 Å². The number of hydrogen-bond donors (Lipinski definition) is 1. The molecule has 0 aromatic rings. The highest BCUT2D eigenvalue weighted by Gasteiger charge is 2.38. The van der Waals surface area contributed by atoms with Gasteiger partial charge < -0.3 is 14.9 Å². The summed E-state index contributed by atoms with van der Waals surface area (Å²) in [5, 5.41) is 9.20. The highest BCUT2D eigenvalue weighted by molar-refractivity contribution is 5.83. The predicted molar refractivity (Wildman–Crippen MR) is 73.5 cm³/mol. The van der Waals surface area contributed by atoms with Gasteiger partial charge in [0, 0.05) is 32.2 Å². The summed E-state index contributed by atoms with van der Waals surface area (Å²) >= 11 is 0. The van der Waals surface area contributed by atoms with Crippen molar-refractivity contribution in [1.29, 1.82) is 0 Å². The van der Waals surface area contributed by atoms with E-state index in [0.29, 0.717) is 19.0 Å². The SMILES string of the molecule is O=C(O)[C@H]1CCCN1C(=O)N1CCN2CCCCC2C1. The molecule has 0 spiro atoms. The van der Waals surface area contributed by atoms with Gasteiger partial charge in [-0.1, -0.05) is 6.42 Å². The van der Waals surface area contributed by atoms with Crippen LogP contribution in [0.25, 0.3) is 0 Å². The third-order valence-corrected chi connectivity index (χ3v) is 4.89. The van der Waals surface area contributed by atoms with E-state index in [2.05, 4.69) is 4.90 Å². The average Bonchev–Trinajstić information content (AvgIpc) is 2.95. The lowest BCUT2D eigenvalue weighted by Gasteiger charge is -2.45. The van der Waals surface area contributed by atoms with Crippen molar-refractivity contribution in [2.45, 2.75) is 44.2 Å². The van der Waals surface area contributed by atoms with Gasteiger partial charge in [0.2, 0.25) is 0 Å². The predicted octanol–water partition coefficient (Wildman–Crippen LogP) is 0.825. The van der Waals surface area contributed by atoms with Gasteiger partial charge in [-0.05, 0) is 32.2 Å². The van der Waals surface area contributed by atoms with Crippen molar-refractivity contribution in [3.63, 3.8) is 0 Å². The fourth-order valence-corrected chi connectivity index (χ4v) is 3.76. The molecule has 2 amide bonds. The highest BCUT2D eigenvalue weighted by atomic mass is 16.4. The molecule has 0 aromatic heterocycles. The number of carboxylic acids is 1. The standard InChI is InChI=1S/C14H23N3O3/c18-13(19)12-5-3-7-17(12)14(20)16-9-8-15-6-2-1-4-11(15)10-16/h11-12H,1-10H2,(H,18,19)/t11?,12-/m1/s1. The molecule has 3 aliphatic heterocycles. The summed E-state index contributed by atoms with van der Waals surface area (Å²) in [6.45, 7) is 4.16. The summed E-state index contributed by atoms with van der Waals surface area (Å²) in [6.07, 6.45) is 5.05.